The van der Waals surface area contributed by atoms with E-state index in [-0.39, 0.29) is 30.2 Å². The molecule has 0 radical (unpaired) electrons. The van der Waals surface area contributed by atoms with Crippen molar-refractivity contribution in [3.63, 3.8) is 0 Å². The third-order valence-electron chi connectivity index (χ3n) is 6.61. The van der Waals surface area contributed by atoms with Gasteiger partial charge in [0.05, 0.1) is 10.9 Å². The summed E-state index contributed by atoms with van der Waals surface area (Å²) in [5.41, 5.74) is 3.53. The van der Waals surface area contributed by atoms with Gasteiger partial charge in [-0.15, -0.1) is 11.3 Å². The highest BCUT2D eigenvalue weighted by Gasteiger charge is 2.33. The number of carbonyl (C=O) groups excluding carboxylic acids is 2. The Kier molecular flexibility index (Phi) is 7.89. The zero-order chi connectivity index (χ0) is 26.5. The molecule has 1 unspecified atom stereocenters. The lowest BCUT2D eigenvalue weighted by atomic mass is 9.88. The van der Waals surface area contributed by atoms with Gasteiger partial charge in [0, 0.05) is 13.1 Å². The van der Waals surface area contributed by atoms with Crippen molar-refractivity contribution in [1.82, 2.24) is 15.2 Å². The summed E-state index contributed by atoms with van der Waals surface area (Å²) in [5, 5.41) is 4.79. The highest BCUT2D eigenvalue weighted by atomic mass is 32.1. The summed E-state index contributed by atoms with van der Waals surface area (Å²) in [6.07, 6.45) is 3.03. The second-order valence-corrected chi connectivity index (χ2v) is 10.7. The van der Waals surface area contributed by atoms with Gasteiger partial charge in [0.25, 0.3) is 11.8 Å². The fraction of sp³-hybridized carbons (Fsp3) is 0.300. The van der Waals surface area contributed by atoms with E-state index in [1.54, 1.807) is 0 Å². The van der Waals surface area contributed by atoms with E-state index in [1.165, 1.54) is 23.2 Å². The van der Waals surface area contributed by atoms with Gasteiger partial charge in [-0.1, -0.05) is 56.3 Å². The second kappa shape index (κ2) is 11.6. The SMILES string of the molecule is CC(C)CCNC(=O)c1coc(COc2ccc3c(c2)C(c2ccccc2)N(C(=O)c2cccs2)CC3)n1. The van der Waals surface area contributed by atoms with Crippen molar-refractivity contribution in [3.05, 3.63) is 105 Å². The number of nitrogens with one attached hydrogen (secondary N) is 1. The van der Waals surface area contributed by atoms with Crippen LogP contribution in [-0.2, 0) is 13.0 Å². The quantitative estimate of drug-likeness (QED) is 0.293. The molecule has 1 aliphatic rings. The van der Waals surface area contributed by atoms with Crippen LogP contribution in [0.5, 0.6) is 5.75 Å². The van der Waals surface area contributed by atoms with E-state index in [1.807, 2.05) is 52.7 Å². The lowest BCUT2D eigenvalue weighted by Gasteiger charge is -2.37. The van der Waals surface area contributed by atoms with E-state index >= 15 is 0 Å². The topological polar surface area (TPSA) is 84.7 Å². The highest BCUT2D eigenvalue weighted by Crippen LogP contribution is 2.38. The van der Waals surface area contributed by atoms with Crippen LogP contribution in [-0.4, -0.2) is 34.8 Å². The van der Waals surface area contributed by atoms with Crippen LogP contribution in [0.15, 0.2) is 76.7 Å². The minimum atomic E-state index is -0.254. The molecule has 0 fully saturated rings. The Morgan fingerprint density at radius 2 is 2.00 bits per heavy atom. The fourth-order valence-corrected chi connectivity index (χ4v) is 5.31. The van der Waals surface area contributed by atoms with E-state index in [2.05, 4.69) is 42.3 Å². The van der Waals surface area contributed by atoms with Crippen LogP contribution in [0, 0.1) is 5.92 Å². The lowest BCUT2D eigenvalue weighted by Crippen LogP contribution is -2.40. The minimum Gasteiger partial charge on any atom is -0.484 e. The van der Waals surface area contributed by atoms with Crippen LogP contribution in [0.2, 0.25) is 0 Å². The Labute approximate surface area is 226 Å². The summed E-state index contributed by atoms with van der Waals surface area (Å²) in [4.78, 5) is 32.7. The minimum absolute atomic E-state index is 0.0322. The molecule has 0 saturated carbocycles. The molecule has 4 aromatic rings. The first-order valence-electron chi connectivity index (χ1n) is 12.9. The number of thiophene rings is 1. The molecule has 38 heavy (non-hydrogen) atoms. The summed E-state index contributed by atoms with van der Waals surface area (Å²) in [6.45, 7) is 5.55. The molecular formula is C30H31N3O4S. The standard InChI is InChI=1S/C30H31N3O4S/c1-20(2)12-14-31-29(34)25-18-37-27(32-25)19-36-23-11-10-21-13-15-33(30(35)26-9-6-16-38-26)28(24(21)17-23)22-7-4-3-5-8-22/h3-11,16-18,20,28H,12-15,19H2,1-2H3,(H,31,34). The maximum atomic E-state index is 13.5. The molecule has 1 N–H and O–H groups in total. The average molecular weight is 530 g/mol. The third-order valence-corrected chi connectivity index (χ3v) is 7.47. The Balaban J connectivity index is 1.33. The van der Waals surface area contributed by atoms with Crippen molar-refractivity contribution < 1.29 is 18.7 Å². The zero-order valence-electron chi connectivity index (χ0n) is 21.6. The molecule has 196 valence electrons. The summed E-state index contributed by atoms with van der Waals surface area (Å²) >= 11 is 1.46. The van der Waals surface area contributed by atoms with Crippen molar-refractivity contribution in [1.29, 1.82) is 0 Å². The largest absolute Gasteiger partial charge is 0.484 e. The Morgan fingerprint density at radius 1 is 1.16 bits per heavy atom. The monoisotopic (exact) mass is 529 g/mol. The molecular weight excluding hydrogens is 498 g/mol. The molecule has 0 bridgehead atoms. The molecule has 0 spiro atoms. The van der Waals surface area contributed by atoms with Crippen LogP contribution < -0.4 is 10.1 Å². The number of amides is 2. The molecule has 1 atom stereocenters. The van der Waals surface area contributed by atoms with Crippen molar-refractivity contribution in [2.45, 2.75) is 39.3 Å². The Morgan fingerprint density at radius 3 is 2.76 bits per heavy atom. The number of carbonyl (C=O) groups is 2. The lowest BCUT2D eigenvalue weighted by molar-refractivity contribution is 0.0699. The molecule has 3 heterocycles. The number of nitrogens with zero attached hydrogens (tertiary/aromatic N) is 2. The normalized spacial score (nSPS) is 14.8. The molecule has 5 rings (SSSR count). The van der Waals surface area contributed by atoms with Gasteiger partial charge in [-0.2, -0.15) is 0 Å². The van der Waals surface area contributed by atoms with Crippen LogP contribution in [0.3, 0.4) is 0 Å². The number of oxazole rings is 1. The highest BCUT2D eigenvalue weighted by molar-refractivity contribution is 7.12. The number of benzene rings is 2. The molecule has 0 saturated heterocycles. The summed E-state index contributed by atoms with van der Waals surface area (Å²) < 4.78 is 11.5. The first-order chi connectivity index (χ1) is 18.5. The molecule has 7 nitrogen and oxygen atoms in total. The molecule has 1 aliphatic heterocycles. The van der Waals surface area contributed by atoms with Crippen LogP contribution >= 0.6 is 11.3 Å². The first-order valence-corrected chi connectivity index (χ1v) is 13.7. The predicted molar refractivity (Wildman–Crippen MR) is 146 cm³/mol. The van der Waals surface area contributed by atoms with Crippen LogP contribution in [0.4, 0.5) is 0 Å². The van der Waals surface area contributed by atoms with E-state index in [9.17, 15) is 9.59 Å². The summed E-state index contributed by atoms with van der Waals surface area (Å²) in [5.74, 6) is 1.26. The number of rotatable bonds is 9. The van der Waals surface area contributed by atoms with Crippen molar-refractivity contribution >= 4 is 23.2 Å². The predicted octanol–water partition coefficient (Wildman–Crippen LogP) is 5.88. The van der Waals surface area contributed by atoms with Gasteiger partial charge in [-0.25, -0.2) is 4.98 Å². The second-order valence-electron chi connectivity index (χ2n) is 9.75. The molecule has 2 aromatic carbocycles. The van der Waals surface area contributed by atoms with Crippen molar-refractivity contribution in [2.24, 2.45) is 5.92 Å². The summed E-state index contributed by atoms with van der Waals surface area (Å²) in [6, 6.07) is 19.6. The molecule has 0 aliphatic carbocycles. The number of ether oxygens (including phenoxy) is 1. The number of aromatic nitrogens is 1. The Hall–Kier alpha value is -3.91. The van der Waals surface area contributed by atoms with Gasteiger partial charge in [0.2, 0.25) is 5.89 Å². The smallest absolute Gasteiger partial charge is 0.273 e. The van der Waals surface area contributed by atoms with E-state index in [4.69, 9.17) is 9.15 Å². The number of hydrogen-bond acceptors (Lipinski definition) is 6. The van der Waals surface area contributed by atoms with E-state index in [0.29, 0.717) is 30.6 Å². The van der Waals surface area contributed by atoms with E-state index in [0.717, 1.165) is 28.8 Å². The van der Waals surface area contributed by atoms with Gasteiger partial charge in [-0.05, 0) is 59.0 Å². The Bertz CT molecular complexity index is 1380. The number of fused-ring (bicyclic) bond motifs is 1. The maximum absolute atomic E-state index is 13.5. The van der Waals surface area contributed by atoms with Crippen LogP contribution in [0.1, 0.15) is 69.1 Å². The van der Waals surface area contributed by atoms with Crippen molar-refractivity contribution in [2.75, 3.05) is 13.1 Å². The average Bonchev–Trinajstić information content (AvgIpc) is 3.64. The number of hydrogen-bond donors (Lipinski definition) is 1. The van der Waals surface area contributed by atoms with Crippen molar-refractivity contribution in [3.8, 4) is 5.75 Å². The maximum Gasteiger partial charge on any atom is 0.273 e. The van der Waals surface area contributed by atoms with Gasteiger partial charge in [0.15, 0.2) is 12.3 Å². The zero-order valence-corrected chi connectivity index (χ0v) is 22.4. The van der Waals surface area contributed by atoms with Gasteiger partial charge < -0.3 is 19.4 Å². The molecule has 2 aromatic heterocycles. The first kappa shape index (κ1) is 25.7. The van der Waals surface area contributed by atoms with Gasteiger partial charge in [0.1, 0.15) is 12.0 Å². The van der Waals surface area contributed by atoms with E-state index < -0.39 is 0 Å². The molecule has 8 heteroatoms. The van der Waals surface area contributed by atoms with Gasteiger partial charge in [-0.3, -0.25) is 9.59 Å². The van der Waals surface area contributed by atoms with Gasteiger partial charge >= 0.3 is 0 Å². The van der Waals surface area contributed by atoms with Crippen LogP contribution in [0.25, 0.3) is 0 Å². The fourth-order valence-electron chi connectivity index (χ4n) is 4.63. The molecule has 2 amide bonds. The summed E-state index contributed by atoms with van der Waals surface area (Å²) in [7, 11) is 0. The third kappa shape index (κ3) is 5.81.